The number of fused-ring (bicyclic) bond motifs is 1. The molecule has 0 aliphatic heterocycles. The molecule has 0 fully saturated rings. The van der Waals surface area contributed by atoms with Crippen molar-refractivity contribution in [2.45, 2.75) is 0 Å². The number of aromatic nitrogens is 3. The molecule has 2 rings (SSSR count). The Balaban J connectivity index is 2.38. The molecular weight excluding hydrogens is 184 g/mol. The first-order valence-corrected chi connectivity index (χ1v) is 3.95. The molecule has 0 atom stereocenters. The minimum Gasteiger partial charge on any atom is -0.453 e. The van der Waals surface area contributed by atoms with Crippen molar-refractivity contribution in [1.29, 1.82) is 0 Å². The predicted octanol–water partition coefficient (Wildman–Crippen LogP) is 1.14. The Morgan fingerprint density at radius 2 is 2.50 bits per heavy atom. The van der Waals surface area contributed by atoms with E-state index < -0.39 is 6.09 Å². The topological polar surface area (TPSA) is 79.9 Å². The molecule has 1 amide bonds. The highest BCUT2D eigenvalue weighted by Crippen LogP contribution is 2.17. The van der Waals surface area contributed by atoms with Gasteiger partial charge in [0.1, 0.15) is 5.82 Å². The maximum absolute atomic E-state index is 10.9. The molecule has 0 saturated heterocycles. The minimum atomic E-state index is -0.542. The van der Waals surface area contributed by atoms with Gasteiger partial charge in [0.05, 0.1) is 12.5 Å². The minimum absolute atomic E-state index is 0.486. The van der Waals surface area contributed by atoms with Gasteiger partial charge in [-0.05, 0) is 12.1 Å². The number of methoxy groups -OCH3 is 1. The van der Waals surface area contributed by atoms with E-state index in [2.05, 4.69) is 25.2 Å². The van der Waals surface area contributed by atoms with Gasteiger partial charge in [0, 0.05) is 6.20 Å². The van der Waals surface area contributed by atoms with Gasteiger partial charge in [-0.25, -0.2) is 9.78 Å². The van der Waals surface area contributed by atoms with E-state index in [-0.39, 0.29) is 0 Å². The molecular formula is C8H8N4O2. The van der Waals surface area contributed by atoms with Crippen molar-refractivity contribution < 1.29 is 9.53 Å². The number of hydrogen-bond donors (Lipinski definition) is 2. The summed E-state index contributed by atoms with van der Waals surface area (Å²) in [5.41, 5.74) is 0.555. The molecule has 0 aliphatic carbocycles. The first-order valence-electron chi connectivity index (χ1n) is 3.95. The summed E-state index contributed by atoms with van der Waals surface area (Å²) in [6.45, 7) is 0. The summed E-state index contributed by atoms with van der Waals surface area (Å²) in [4.78, 5) is 14.9. The largest absolute Gasteiger partial charge is 0.453 e. The van der Waals surface area contributed by atoms with Crippen LogP contribution >= 0.6 is 0 Å². The number of nitrogens with zero attached hydrogens (tertiary/aromatic N) is 2. The van der Waals surface area contributed by atoms with Gasteiger partial charge in [-0.1, -0.05) is 0 Å². The molecule has 6 heteroatoms. The number of pyridine rings is 1. The number of aromatic amines is 1. The second-order valence-corrected chi connectivity index (χ2v) is 2.59. The van der Waals surface area contributed by atoms with Crippen molar-refractivity contribution in [3.8, 4) is 0 Å². The fraction of sp³-hybridized carbons (Fsp3) is 0.125. The maximum atomic E-state index is 10.9. The highest BCUT2D eigenvalue weighted by molar-refractivity contribution is 5.95. The molecule has 0 radical (unpaired) electrons. The Bertz CT molecular complexity index is 465. The molecule has 2 N–H and O–H groups in total. The van der Waals surface area contributed by atoms with Crippen LogP contribution in [-0.2, 0) is 4.74 Å². The van der Waals surface area contributed by atoms with Crippen LogP contribution in [0.3, 0.4) is 0 Å². The van der Waals surface area contributed by atoms with Crippen molar-refractivity contribution in [3.63, 3.8) is 0 Å². The fourth-order valence-corrected chi connectivity index (χ4v) is 1.10. The summed E-state index contributed by atoms with van der Waals surface area (Å²) in [7, 11) is 1.30. The molecule has 14 heavy (non-hydrogen) atoms. The van der Waals surface area contributed by atoms with E-state index in [1.165, 1.54) is 7.11 Å². The molecule has 0 spiro atoms. The number of amides is 1. The van der Waals surface area contributed by atoms with Crippen molar-refractivity contribution >= 4 is 22.9 Å². The third-order valence-corrected chi connectivity index (χ3v) is 1.74. The molecule has 0 unspecified atom stereocenters. The monoisotopic (exact) mass is 192 g/mol. The van der Waals surface area contributed by atoms with Crippen molar-refractivity contribution in [1.82, 2.24) is 15.2 Å². The molecule has 0 saturated carbocycles. The quantitative estimate of drug-likeness (QED) is 0.709. The Labute approximate surface area is 79.3 Å². The van der Waals surface area contributed by atoms with Crippen LogP contribution < -0.4 is 5.32 Å². The lowest BCUT2D eigenvalue weighted by Gasteiger charge is -1.99. The van der Waals surface area contributed by atoms with Crippen LogP contribution in [0, 0.1) is 0 Å². The Hall–Kier alpha value is -2.11. The first-order chi connectivity index (χ1) is 6.81. The molecule has 2 aromatic rings. The highest BCUT2D eigenvalue weighted by atomic mass is 16.5. The zero-order valence-corrected chi connectivity index (χ0v) is 7.44. The number of anilines is 1. The van der Waals surface area contributed by atoms with E-state index in [9.17, 15) is 4.79 Å². The van der Waals surface area contributed by atoms with Crippen molar-refractivity contribution in [2.75, 3.05) is 12.4 Å². The summed E-state index contributed by atoms with van der Waals surface area (Å²) in [5, 5.41) is 9.80. The Morgan fingerprint density at radius 3 is 3.29 bits per heavy atom. The van der Waals surface area contributed by atoms with E-state index in [0.29, 0.717) is 11.5 Å². The summed E-state index contributed by atoms with van der Waals surface area (Å²) in [6, 6.07) is 3.57. The summed E-state index contributed by atoms with van der Waals surface area (Å²) in [6.07, 6.45) is 1.09. The van der Waals surface area contributed by atoms with Crippen LogP contribution in [0.1, 0.15) is 0 Å². The van der Waals surface area contributed by atoms with Gasteiger partial charge < -0.3 is 4.74 Å². The Morgan fingerprint density at radius 1 is 1.64 bits per heavy atom. The SMILES string of the molecule is COC(=O)Nc1[nH]nc2ncccc12. The normalized spacial score (nSPS) is 10.1. The van der Waals surface area contributed by atoms with Gasteiger partial charge in [0.15, 0.2) is 5.65 Å². The van der Waals surface area contributed by atoms with Gasteiger partial charge in [-0.15, -0.1) is 0 Å². The lowest BCUT2D eigenvalue weighted by atomic mass is 10.3. The summed E-state index contributed by atoms with van der Waals surface area (Å²) >= 11 is 0. The molecule has 0 bridgehead atoms. The van der Waals surface area contributed by atoms with E-state index in [1.54, 1.807) is 18.3 Å². The van der Waals surface area contributed by atoms with Crippen molar-refractivity contribution in [2.24, 2.45) is 0 Å². The van der Waals surface area contributed by atoms with Crippen LogP contribution in [0.25, 0.3) is 11.0 Å². The van der Waals surface area contributed by atoms with E-state index in [4.69, 9.17) is 0 Å². The Kier molecular flexibility index (Phi) is 2.02. The summed E-state index contributed by atoms with van der Waals surface area (Å²) in [5.74, 6) is 0.486. The average molecular weight is 192 g/mol. The predicted molar refractivity (Wildman–Crippen MR) is 49.9 cm³/mol. The second-order valence-electron chi connectivity index (χ2n) is 2.59. The van der Waals surface area contributed by atoms with Crippen LogP contribution in [0.5, 0.6) is 0 Å². The van der Waals surface area contributed by atoms with Crippen molar-refractivity contribution in [3.05, 3.63) is 18.3 Å². The van der Waals surface area contributed by atoms with Gasteiger partial charge in [-0.3, -0.25) is 10.4 Å². The van der Waals surface area contributed by atoms with Gasteiger partial charge >= 0.3 is 6.09 Å². The van der Waals surface area contributed by atoms with E-state index in [1.807, 2.05) is 0 Å². The number of carbonyl (C=O) groups excluding carboxylic acids is 1. The first kappa shape index (κ1) is 8.49. The number of nitrogens with one attached hydrogen (secondary N) is 2. The second kappa shape index (κ2) is 3.33. The number of carbonyl (C=O) groups is 1. The standard InChI is InChI=1S/C8H8N4O2/c1-14-8(13)10-7-5-3-2-4-9-6(5)11-12-7/h2-4H,1H3,(H2,9,10,11,12,13). The van der Waals surface area contributed by atoms with Crippen LogP contribution in [-0.4, -0.2) is 28.4 Å². The van der Waals surface area contributed by atoms with Gasteiger partial charge in [-0.2, -0.15) is 5.10 Å². The van der Waals surface area contributed by atoms with Crippen LogP contribution in [0.4, 0.5) is 10.6 Å². The molecule has 2 heterocycles. The molecule has 6 nitrogen and oxygen atoms in total. The molecule has 0 aliphatic rings. The van der Waals surface area contributed by atoms with Crippen LogP contribution in [0.2, 0.25) is 0 Å². The number of H-pyrrole nitrogens is 1. The number of hydrogen-bond acceptors (Lipinski definition) is 4. The maximum Gasteiger partial charge on any atom is 0.412 e. The number of rotatable bonds is 1. The summed E-state index contributed by atoms with van der Waals surface area (Å²) < 4.78 is 4.45. The highest BCUT2D eigenvalue weighted by Gasteiger charge is 2.07. The molecule has 0 aromatic carbocycles. The lowest BCUT2D eigenvalue weighted by molar-refractivity contribution is 0.187. The zero-order valence-electron chi connectivity index (χ0n) is 7.44. The third kappa shape index (κ3) is 1.37. The smallest absolute Gasteiger partial charge is 0.412 e. The van der Waals surface area contributed by atoms with Crippen LogP contribution in [0.15, 0.2) is 18.3 Å². The van der Waals surface area contributed by atoms with E-state index in [0.717, 1.165) is 5.39 Å². The fourth-order valence-electron chi connectivity index (χ4n) is 1.10. The molecule has 72 valence electrons. The van der Waals surface area contributed by atoms with Gasteiger partial charge in [0.25, 0.3) is 0 Å². The molecule has 2 aromatic heterocycles. The van der Waals surface area contributed by atoms with E-state index >= 15 is 0 Å². The average Bonchev–Trinajstić information content (AvgIpc) is 2.62. The number of ether oxygens (including phenoxy) is 1. The van der Waals surface area contributed by atoms with Gasteiger partial charge in [0.2, 0.25) is 0 Å². The third-order valence-electron chi connectivity index (χ3n) is 1.74. The lowest BCUT2D eigenvalue weighted by Crippen LogP contribution is -2.11. The zero-order chi connectivity index (χ0) is 9.97.